The third-order valence-electron chi connectivity index (χ3n) is 3.73. The molecule has 3 aromatic heterocycles. The summed E-state index contributed by atoms with van der Waals surface area (Å²) in [5, 5.41) is 23.5. The highest BCUT2D eigenvalue weighted by Gasteiger charge is 2.19. The summed E-state index contributed by atoms with van der Waals surface area (Å²) in [5.74, 6) is 1.44. The van der Waals surface area contributed by atoms with Gasteiger partial charge in [0.25, 0.3) is 0 Å². The number of nitrogens with one attached hydrogen (secondary N) is 1. The first kappa shape index (κ1) is 20.0. The first-order valence-corrected chi connectivity index (χ1v) is 11.3. The minimum atomic E-state index is -0.131. The number of nitrogens with zero attached hydrogens (tertiary/aromatic N) is 5. The molecule has 0 spiro atoms. The van der Waals surface area contributed by atoms with Gasteiger partial charge in [0, 0.05) is 21.9 Å². The molecule has 0 saturated heterocycles. The Morgan fingerprint density at radius 2 is 2.00 bits per heavy atom. The quantitative estimate of drug-likeness (QED) is 0.560. The zero-order chi connectivity index (χ0) is 19.6. The minimum Gasteiger partial charge on any atom is -0.300 e. The van der Waals surface area contributed by atoms with E-state index in [9.17, 15) is 4.79 Å². The van der Waals surface area contributed by atoms with Crippen LogP contribution in [0.4, 0.5) is 5.13 Å². The van der Waals surface area contributed by atoms with Crippen molar-refractivity contribution in [2.75, 3.05) is 11.1 Å². The number of hydrogen-bond donors (Lipinski definition) is 1. The summed E-state index contributed by atoms with van der Waals surface area (Å²) in [6.07, 6.45) is 0. The fraction of sp³-hybridized carbons (Fsp3) is 0.471. The van der Waals surface area contributed by atoms with Crippen molar-refractivity contribution in [3.05, 3.63) is 21.3 Å². The average molecular weight is 423 g/mol. The van der Waals surface area contributed by atoms with Crippen LogP contribution >= 0.6 is 34.4 Å². The maximum Gasteiger partial charge on any atom is 0.236 e. The van der Waals surface area contributed by atoms with Crippen LogP contribution in [0.5, 0.6) is 0 Å². The maximum atomic E-state index is 12.2. The fourth-order valence-corrected chi connectivity index (χ4v) is 4.82. The van der Waals surface area contributed by atoms with Gasteiger partial charge in [-0.3, -0.25) is 14.7 Å². The Kier molecular flexibility index (Phi) is 6.28. The summed E-state index contributed by atoms with van der Waals surface area (Å²) in [7, 11) is 0. The molecule has 0 fully saturated rings. The van der Waals surface area contributed by atoms with Crippen molar-refractivity contribution in [2.45, 2.75) is 51.7 Å². The highest BCUT2D eigenvalue weighted by atomic mass is 32.2. The fourth-order valence-electron chi connectivity index (χ4n) is 2.44. The summed E-state index contributed by atoms with van der Waals surface area (Å²) >= 11 is 4.47. The lowest BCUT2D eigenvalue weighted by molar-refractivity contribution is -0.113. The van der Waals surface area contributed by atoms with Gasteiger partial charge in [-0.25, -0.2) is 0 Å². The SMILES string of the molecule is Cc1nnc(NC(=O)CSc2nnc(-c3csc(C(C)C)c3)n2C(C)C)s1. The molecule has 7 nitrogen and oxygen atoms in total. The zero-order valence-corrected chi connectivity index (χ0v) is 18.3. The number of amides is 1. The molecule has 0 aliphatic rings. The normalized spacial score (nSPS) is 11.5. The third kappa shape index (κ3) is 4.74. The number of anilines is 1. The van der Waals surface area contributed by atoms with E-state index in [0.717, 1.165) is 21.6 Å². The number of rotatable bonds is 7. The van der Waals surface area contributed by atoms with Gasteiger partial charge in [0.1, 0.15) is 5.01 Å². The molecule has 10 heteroatoms. The molecular weight excluding hydrogens is 400 g/mol. The number of carbonyl (C=O) groups is 1. The van der Waals surface area contributed by atoms with E-state index in [1.807, 2.05) is 6.92 Å². The first-order valence-electron chi connectivity index (χ1n) is 8.61. The van der Waals surface area contributed by atoms with Crippen LogP contribution in [0, 0.1) is 6.92 Å². The van der Waals surface area contributed by atoms with Crippen LogP contribution < -0.4 is 5.32 Å². The Balaban J connectivity index is 1.73. The number of thiophene rings is 1. The van der Waals surface area contributed by atoms with Crippen molar-refractivity contribution >= 4 is 45.5 Å². The molecule has 3 rings (SSSR count). The summed E-state index contributed by atoms with van der Waals surface area (Å²) in [6, 6.07) is 2.37. The van der Waals surface area contributed by atoms with Gasteiger partial charge in [-0.05, 0) is 32.8 Å². The first-order chi connectivity index (χ1) is 12.8. The van der Waals surface area contributed by atoms with Crippen LogP contribution in [0.25, 0.3) is 11.4 Å². The van der Waals surface area contributed by atoms with Crippen LogP contribution in [-0.2, 0) is 4.79 Å². The molecule has 0 radical (unpaired) electrons. The molecule has 3 aromatic rings. The predicted molar refractivity (Wildman–Crippen MR) is 112 cm³/mol. The van der Waals surface area contributed by atoms with Crippen LogP contribution in [0.2, 0.25) is 0 Å². The lowest BCUT2D eigenvalue weighted by Crippen LogP contribution is -2.15. The second-order valence-electron chi connectivity index (χ2n) is 6.63. The van der Waals surface area contributed by atoms with E-state index in [1.165, 1.54) is 28.0 Å². The van der Waals surface area contributed by atoms with Crippen LogP contribution in [0.3, 0.4) is 0 Å². The average Bonchev–Trinajstić information content (AvgIpc) is 3.31. The van der Waals surface area contributed by atoms with Gasteiger partial charge in [0.15, 0.2) is 11.0 Å². The second kappa shape index (κ2) is 8.49. The van der Waals surface area contributed by atoms with Crippen molar-refractivity contribution in [2.24, 2.45) is 0 Å². The topological polar surface area (TPSA) is 85.6 Å². The Bertz CT molecular complexity index is 927. The van der Waals surface area contributed by atoms with Gasteiger partial charge < -0.3 is 0 Å². The third-order valence-corrected chi connectivity index (χ3v) is 6.66. The van der Waals surface area contributed by atoms with E-state index in [1.54, 1.807) is 11.3 Å². The van der Waals surface area contributed by atoms with Gasteiger partial charge in [-0.15, -0.1) is 31.7 Å². The number of hydrogen-bond acceptors (Lipinski definition) is 8. The van der Waals surface area contributed by atoms with Gasteiger partial charge in [0.2, 0.25) is 11.0 Å². The molecule has 27 heavy (non-hydrogen) atoms. The highest BCUT2D eigenvalue weighted by Crippen LogP contribution is 2.32. The van der Waals surface area contributed by atoms with Gasteiger partial charge >= 0.3 is 0 Å². The Hall–Kier alpha value is -1.78. The van der Waals surface area contributed by atoms with Crippen LogP contribution in [0.1, 0.15) is 49.5 Å². The largest absolute Gasteiger partial charge is 0.300 e. The van der Waals surface area contributed by atoms with Crippen molar-refractivity contribution in [3.8, 4) is 11.4 Å². The van der Waals surface area contributed by atoms with E-state index < -0.39 is 0 Å². The summed E-state index contributed by atoms with van der Waals surface area (Å²) in [6.45, 7) is 10.4. The Morgan fingerprint density at radius 3 is 2.59 bits per heavy atom. The van der Waals surface area contributed by atoms with Crippen LogP contribution in [-0.4, -0.2) is 36.6 Å². The summed E-state index contributed by atoms with van der Waals surface area (Å²) in [4.78, 5) is 13.5. The van der Waals surface area contributed by atoms with Gasteiger partial charge in [-0.1, -0.05) is 36.9 Å². The standard InChI is InChI=1S/C17H22N6OS3/c1-9(2)13-6-12(7-25-13)15-20-22-17(23(15)10(3)4)26-8-14(24)18-16-21-19-11(5)27-16/h6-7,9-10H,8H2,1-5H3,(H,18,21,24). The highest BCUT2D eigenvalue weighted by molar-refractivity contribution is 7.99. The van der Waals surface area contributed by atoms with Gasteiger partial charge in [-0.2, -0.15) is 0 Å². The second-order valence-corrected chi connectivity index (χ2v) is 9.69. The minimum absolute atomic E-state index is 0.131. The van der Waals surface area contributed by atoms with Crippen molar-refractivity contribution in [3.63, 3.8) is 0 Å². The Labute approximate surface area is 170 Å². The van der Waals surface area contributed by atoms with E-state index in [2.05, 4.69) is 69.4 Å². The van der Waals surface area contributed by atoms with Crippen molar-refractivity contribution in [1.82, 2.24) is 25.0 Å². The monoisotopic (exact) mass is 422 g/mol. The molecule has 0 aliphatic carbocycles. The smallest absolute Gasteiger partial charge is 0.236 e. The number of aryl methyl sites for hydroxylation is 1. The van der Waals surface area contributed by atoms with Crippen molar-refractivity contribution in [1.29, 1.82) is 0 Å². The summed E-state index contributed by atoms with van der Waals surface area (Å²) in [5.41, 5.74) is 1.07. The molecule has 0 aromatic carbocycles. The number of carbonyl (C=O) groups excluding carboxylic acids is 1. The van der Waals surface area contributed by atoms with Crippen molar-refractivity contribution < 1.29 is 4.79 Å². The van der Waals surface area contributed by atoms with Crippen LogP contribution in [0.15, 0.2) is 16.6 Å². The molecule has 3 heterocycles. The molecule has 1 amide bonds. The molecule has 0 saturated carbocycles. The number of aromatic nitrogens is 5. The predicted octanol–water partition coefficient (Wildman–Crippen LogP) is 4.60. The molecule has 0 aliphatic heterocycles. The summed E-state index contributed by atoms with van der Waals surface area (Å²) < 4.78 is 2.08. The Morgan fingerprint density at radius 1 is 1.22 bits per heavy atom. The van der Waals surface area contributed by atoms with E-state index in [4.69, 9.17) is 0 Å². The maximum absolute atomic E-state index is 12.2. The molecule has 0 unspecified atom stereocenters. The van der Waals surface area contributed by atoms with E-state index >= 15 is 0 Å². The van der Waals surface area contributed by atoms with Gasteiger partial charge in [0.05, 0.1) is 5.75 Å². The molecular formula is C17H22N6OS3. The molecule has 0 atom stereocenters. The molecule has 1 N–H and O–H groups in total. The number of thioether (sulfide) groups is 1. The lowest BCUT2D eigenvalue weighted by atomic mass is 10.1. The molecule has 0 bridgehead atoms. The van der Waals surface area contributed by atoms with E-state index in [-0.39, 0.29) is 17.7 Å². The molecule has 144 valence electrons. The lowest BCUT2D eigenvalue weighted by Gasteiger charge is -2.13. The zero-order valence-electron chi connectivity index (χ0n) is 15.9. The van der Waals surface area contributed by atoms with E-state index in [0.29, 0.717) is 11.0 Å².